The minimum Gasteiger partial charge on any atom is -0.448 e. The molecule has 1 aliphatic heterocycles. The fourth-order valence-corrected chi connectivity index (χ4v) is 2.59. The van der Waals surface area contributed by atoms with Gasteiger partial charge in [0.25, 0.3) is 11.6 Å². The molecule has 0 saturated carbocycles. The number of hydrogen-bond acceptors (Lipinski definition) is 5. The molecule has 8 heteroatoms. The van der Waals surface area contributed by atoms with Gasteiger partial charge in [-0.25, -0.2) is 4.79 Å². The molecule has 7 nitrogen and oxygen atoms in total. The fourth-order valence-electron chi connectivity index (χ4n) is 2.40. The highest BCUT2D eigenvalue weighted by Crippen LogP contribution is 2.25. The molecular weight excluding hydrogens is 336 g/mol. The van der Waals surface area contributed by atoms with Gasteiger partial charge in [-0.3, -0.25) is 14.9 Å². The molecule has 0 spiro atoms. The number of anilines is 1. The Morgan fingerprint density at radius 1 is 1.25 bits per heavy atom. The Balaban J connectivity index is 1.74. The van der Waals surface area contributed by atoms with Crippen LogP contribution in [-0.2, 0) is 16.0 Å². The van der Waals surface area contributed by atoms with Crippen molar-refractivity contribution in [1.29, 1.82) is 0 Å². The number of nitrogens with one attached hydrogen (secondary N) is 1. The average Bonchev–Trinajstić information content (AvgIpc) is 2.54. The molecule has 0 aromatic heterocycles. The molecule has 0 aliphatic carbocycles. The molecule has 2 aromatic carbocycles. The van der Waals surface area contributed by atoms with E-state index in [1.807, 2.05) is 0 Å². The first kappa shape index (κ1) is 15.9. The third-order valence-electron chi connectivity index (χ3n) is 3.58. The van der Waals surface area contributed by atoms with Crippen LogP contribution < -0.4 is 5.32 Å². The number of ether oxygens (including phenoxy) is 1. The molecule has 122 valence electrons. The summed E-state index contributed by atoms with van der Waals surface area (Å²) in [5.41, 5.74) is 1.32. The normalized spacial score (nSPS) is 16.0. The van der Waals surface area contributed by atoms with Gasteiger partial charge in [-0.2, -0.15) is 0 Å². The lowest BCUT2D eigenvalue weighted by molar-refractivity contribution is -0.384. The van der Waals surface area contributed by atoms with Crippen molar-refractivity contribution in [3.05, 3.63) is 68.7 Å². The highest BCUT2D eigenvalue weighted by molar-refractivity contribution is 6.30. The van der Waals surface area contributed by atoms with E-state index in [1.54, 1.807) is 18.2 Å². The van der Waals surface area contributed by atoms with E-state index in [0.717, 1.165) is 0 Å². The van der Waals surface area contributed by atoms with Gasteiger partial charge in [0, 0.05) is 29.3 Å². The second-order valence-electron chi connectivity index (χ2n) is 5.19. The molecule has 0 radical (unpaired) electrons. The van der Waals surface area contributed by atoms with Crippen LogP contribution >= 0.6 is 11.6 Å². The molecule has 1 aliphatic rings. The van der Waals surface area contributed by atoms with Gasteiger partial charge in [0.05, 0.1) is 10.5 Å². The second kappa shape index (κ2) is 6.29. The molecule has 0 saturated heterocycles. The number of esters is 1. The quantitative estimate of drug-likeness (QED) is 0.523. The summed E-state index contributed by atoms with van der Waals surface area (Å²) < 4.78 is 5.15. The molecule has 1 unspecified atom stereocenters. The van der Waals surface area contributed by atoms with Gasteiger partial charge in [0.2, 0.25) is 0 Å². The molecule has 1 atom stereocenters. The monoisotopic (exact) mass is 346 g/mol. The molecule has 2 aromatic rings. The van der Waals surface area contributed by atoms with Crippen LogP contribution in [0.2, 0.25) is 5.02 Å². The number of carbonyl (C=O) groups is 2. The molecule has 3 rings (SSSR count). The molecule has 24 heavy (non-hydrogen) atoms. The summed E-state index contributed by atoms with van der Waals surface area (Å²) >= 11 is 5.91. The van der Waals surface area contributed by atoms with E-state index >= 15 is 0 Å². The smallest absolute Gasteiger partial charge is 0.339 e. The van der Waals surface area contributed by atoms with E-state index in [1.165, 1.54) is 24.3 Å². The van der Waals surface area contributed by atoms with Gasteiger partial charge in [-0.1, -0.05) is 11.6 Å². The number of benzene rings is 2. The maximum atomic E-state index is 12.3. The Hall–Kier alpha value is -2.93. The number of cyclic esters (lactones) is 1. The number of nitro benzene ring substituents is 1. The minimum absolute atomic E-state index is 0.0827. The van der Waals surface area contributed by atoms with Crippen molar-refractivity contribution >= 4 is 34.9 Å². The highest BCUT2D eigenvalue weighted by Gasteiger charge is 2.31. The van der Waals surface area contributed by atoms with Crippen LogP contribution in [0.3, 0.4) is 0 Å². The van der Waals surface area contributed by atoms with Crippen molar-refractivity contribution in [1.82, 2.24) is 0 Å². The van der Waals surface area contributed by atoms with Crippen molar-refractivity contribution in [2.45, 2.75) is 12.5 Å². The summed E-state index contributed by atoms with van der Waals surface area (Å²) in [5, 5.41) is 13.7. The minimum atomic E-state index is -0.987. The lowest BCUT2D eigenvalue weighted by Crippen LogP contribution is -2.38. The lowest BCUT2D eigenvalue weighted by Gasteiger charge is -2.24. The van der Waals surface area contributed by atoms with Gasteiger partial charge in [-0.15, -0.1) is 0 Å². The van der Waals surface area contributed by atoms with E-state index in [2.05, 4.69) is 5.32 Å². The van der Waals surface area contributed by atoms with Crippen LogP contribution in [0.1, 0.15) is 15.9 Å². The second-order valence-corrected chi connectivity index (χ2v) is 5.63. The summed E-state index contributed by atoms with van der Waals surface area (Å²) in [6.45, 7) is 0. The van der Waals surface area contributed by atoms with Crippen LogP contribution in [0.4, 0.5) is 11.4 Å². The van der Waals surface area contributed by atoms with Gasteiger partial charge in [-0.05, 0) is 35.9 Å². The maximum Gasteiger partial charge on any atom is 0.339 e. The number of hydrogen-bond donors (Lipinski definition) is 1. The number of non-ortho nitro benzene ring substituents is 1. The first-order valence-electron chi connectivity index (χ1n) is 6.99. The zero-order valence-electron chi connectivity index (χ0n) is 12.2. The van der Waals surface area contributed by atoms with Crippen molar-refractivity contribution in [3.63, 3.8) is 0 Å². The SMILES string of the molecule is O=C1OC(C(=O)Nc2ccc([N+](=O)[O-])cc2)Cc2cc(Cl)ccc21. The Bertz CT molecular complexity index is 835. The molecular formula is C16H11ClN2O5. The zero-order chi connectivity index (χ0) is 17.3. The number of rotatable bonds is 3. The molecule has 0 fully saturated rings. The first-order chi connectivity index (χ1) is 11.4. The molecule has 1 heterocycles. The highest BCUT2D eigenvalue weighted by atomic mass is 35.5. The van der Waals surface area contributed by atoms with Crippen molar-refractivity contribution < 1.29 is 19.2 Å². The van der Waals surface area contributed by atoms with Crippen LogP contribution in [-0.4, -0.2) is 22.9 Å². The van der Waals surface area contributed by atoms with E-state index < -0.39 is 22.9 Å². The van der Waals surface area contributed by atoms with Crippen LogP contribution in [0.5, 0.6) is 0 Å². The maximum absolute atomic E-state index is 12.3. The van der Waals surface area contributed by atoms with Crippen LogP contribution in [0.25, 0.3) is 0 Å². The van der Waals surface area contributed by atoms with Crippen LogP contribution in [0, 0.1) is 10.1 Å². The number of carbonyl (C=O) groups excluding carboxylic acids is 2. The number of nitrogens with zero attached hydrogens (tertiary/aromatic N) is 1. The summed E-state index contributed by atoms with van der Waals surface area (Å²) in [7, 11) is 0. The van der Waals surface area contributed by atoms with E-state index in [0.29, 0.717) is 21.8 Å². The number of fused-ring (bicyclic) bond motifs is 1. The Morgan fingerprint density at radius 2 is 1.96 bits per heavy atom. The molecule has 1 amide bonds. The average molecular weight is 347 g/mol. The van der Waals surface area contributed by atoms with Gasteiger partial charge >= 0.3 is 5.97 Å². The number of amides is 1. The third-order valence-corrected chi connectivity index (χ3v) is 3.82. The predicted molar refractivity (Wildman–Crippen MR) is 86.1 cm³/mol. The lowest BCUT2D eigenvalue weighted by atomic mass is 9.98. The Kier molecular flexibility index (Phi) is 4.18. The Labute approximate surface area is 141 Å². The summed E-state index contributed by atoms with van der Waals surface area (Å²) in [6.07, 6.45) is -0.779. The summed E-state index contributed by atoms with van der Waals surface area (Å²) in [6, 6.07) is 10.1. The number of halogens is 1. The van der Waals surface area contributed by atoms with Gasteiger partial charge < -0.3 is 10.1 Å². The largest absolute Gasteiger partial charge is 0.448 e. The van der Waals surface area contributed by atoms with Crippen LogP contribution in [0.15, 0.2) is 42.5 Å². The van der Waals surface area contributed by atoms with Gasteiger partial charge in [0.15, 0.2) is 6.10 Å². The first-order valence-corrected chi connectivity index (χ1v) is 7.36. The topological polar surface area (TPSA) is 98.5 Å². The third kappa shape index (κ3) is 3.21. The number of nitro groups is 1. The van der Waals surface area contributed by atoms with Crippen molar-refractivity contribution in [3.8, 4) is 0 Å². The Morgan fingerprint density at radius 3 is 2.62 bits per heavy atom. The van der Waals surface area contributed by atoms with E-state index in [9.17, 15) is 19.7 Å². The van der Waals surface area contributed by atoms with Gasteiger partial charge in [0.1, 0.15) is 0 Å². The van der Waals surface area contributed by atoms with Crippen molar-refractivity contribution in [2.24, 2.45) is 0 Å². The molecule has 1 N–H and O–H groups in total. The summed E-state index contributed by atoms with van der Waals surface area (Å²) in [4.78, 5) is 34.3. The predicted octanol–water partition coefficient (Wildman–Crippen LogP) is 2.97. The van der Waals surface area contributed by atoms with Crippen molar-refractivity contribution in [2.75, 3.05) is 5.32 Å². The fraction of sp³-hybridized carbons (Fsp3) is 0.125. The summed E-state index contributed by atoms with van der Waals surface area (Å²) in [5.74, 6) is -1.10. The molecule has 0 bridgehead atoms. The standard InChI is InChI=1S/C16H11ClN2O5/c17-10-1-6-13-9(7-10)8-14(24-16(13)21)15(20)18-11-2-4-12(5-3-11)19(22)23/h1-7,14H,8H2,(H,18,20). The van der Waals surface area contributed by atoms with E-state index in [-0.39, 0.29) is 12.1 Å². The zero-order valence-corrected chi connectivity index (χ0v) is 12.9. The van der Waals surface area contributed by atoms with E-state index in [4.69, 9.17) is 16.3 Å².